The molecule has 0 aliphatic carbocycles. The Labute approximate surface area is 615 Å². The first kappa shape index (κ1) is 96.2. The van der Waals surface area contributed by atoms with Gasteiger partial charge in [-0.15, -0.1) is 0 Å². The monoisotopic (exact) mass is 1460 g/mol. The van der Waals surface area contributed by atoms with Crippen molar-refractivity contribution in [1.82, 2.24) is 0 Å². The first-order chi connectivity index (χ1) is 49.7. The Morgan fingerprint density at radius 2 is 0.559 bits per heavy atom. The Kier molecular flexibility index (Phi) is 69.3. The Morgan fingerprint density at radius 1 is 0.294 bits per heavy atom. The van der Waals surface area contributed by atoms with Gasteiger partial charge in [-0.05, 0) is 148 Å². The van der Waals surface area contributed by atoms with Gasteiger partial charge in [-0.3, -0.25) is 37.3 Å². The number of aliphatic hydroxyl groups is 1. The van der Waals surface area contributed by atoms with Crippen molar-refractivity contribution in [2.45, 2.75) is 277 Å². The van der Waals surface area contributed by atoms with E-state index in [1.54, 1.807) is 6.08 Å². The first-order valence-corrected chi connectivity index (χ1v) is 41.0. The number of ether oxygens (including phenoxy) is 4. The fourth-order valence-corrected chi connectivity index (χ4v) is 10.8. The highest BCUT2D eigenvalue weighted by molar-refractivity contribution is 7.47. The summed E-state index contributed by atoms with van der Waals surface area (Å²) in [6.45, 7) is 4.22. The molecule has 0 aromatic rings. The maximum absolute atomic E-state index is 13.1. The molecule has 0 aromatic carbocycles. The average molecular weight is 1460 g/mol. The fourth-order valence-electron chi connectivity index (χ4n) is 9.20. The van der Waals surface area contributed by atoms with Crippen LogP contribution in [0.15, 0.2) is 182 Å². The molecule has 0 spiro atoms. The lowest BCUT2D eigenvalue weighted by Gasteiger charge is -2.21. The van der Waals surface area contributed by atoms with E-state index in [0.29, 0.717) is 32.1 Å². The summed E-state index contributed by atoms with van der Waals surface area (Å²) in [5.41, 5.74) is 0. The highest BCUT2D eigenvalue weighted by Crippen LogP contribution is 2.45. The molecule has 5 atom stereocenters. The van der Waals surface area contributed by atoms with E-state index in [0.717, 1.165) is 173 Å². The minimum atomic E-state index is -5.01. The van der Waals surface area contributed by atoms with Crippen LogP contribution in [0.2, 0.25) is 0 Å². The van der Waals surface area contributed by atoms with Crippen LogP contribution in [-0.4, -0.2) is 96.7 Å². The molecule has 0 saturated carbocycles. The van der Waals surface area contributed by atoms with Crippen molar-refractivity contribution in [1.29, 1.82) is 0 Å². The molecule has 102 heavy (non-hydrogen) atoms. The molecule has 0 heterocycles. The lowest BCUT2D eigenvalue weighted by Crippen LogP contribution is -2.30. The van der Waals surface area contributed by atoms with E-state index in [2.05, 4.69) is 174 Å². The molecule has 0 aromatic heterocycles. The van der Waals surface area contributed by atoms with Crippen molar-refractivity contribution in [2.75, 3.05) is 39.6 Å². The second-order valence-corrected chi connectivity index (χ2v) is 27.4. The number of hydrogen-bond donors (Lipinski definition) is 3. The molecule has 17 nitrogen and oxygen atoms in total. The number of unbranched alkanes of at least 4 members (excludes halogenated alkanes) is 14. The number of esters is 4. The first-order valence-electron chi connectivity index (χ1n) is 38.0. The molecule has 0 amide bonds. The zero-order valence-corrected chi connectivity index (χ0v) is 64.5. The maximum atomic E-state index is 13.1. The van der Waals surface area contributed by atoms with Crippen LogP contribution in [0.5, 0.6) is 0 Å². The average Bonchev–Trinajstić information content (AvgIpc) is 0.959. The van der Waals surface area contributed by atoms with Gasteiger partial charge >= 0.3 is 39.5 Å². The predicted molar refractivity (Wildman–Crippen MR) is 417 cm³/mol. The summed E-state index contributed by atoms with van der Waals surface area (Å²) in [5.74, 6) is -2.44. The van der Waals surface area contributed by atoms with Gasteiger partial charge in [0.1, 0.15) is 19.3 Å². The van der Waals surface area contributed by atoms with Crippen molar-refractivity contribution in [3.63, 3.8) is 0 Å². The molecule has 0 rings (SSSR count). The number of aliphatic hydroxyl groups excluding tert-OH is 1. The maximum Gasteiger partial charge on any atom is 0.472 e. The molecular formula is C83H132O17P2. The number of phosphoric ester groups is 2. The summed E-state index contributed by atoms with van der Waals surface area (Å²) < 4.78 is 68.3. The highest BCUT2D eigenvalue weighted by atomic mass is 31.2. The van der Waals surface area contributed by atoms with Crippen LogP contribution >= 0.6 is 15.6 Å². The Balaban J connectivity index is 5.50. The molecule has 0 bridgehead atoms. The van der Waals surface area contributed by atoms with Gasteiger partial charge in [0.15, 0.2) is 12.2 Å². The van der Waals surface area contributed by atoms with Gasteiger partial charge in [0.05, 0.1) is 32.8 Å². The third-order valence-electron chi connectivity index (χ3n) is 14.9. The normalized spacial score (nSPS) is 14.9. The number of carbonyl (C=O) groups is 4. The van der Waals surface area contributed by atoms with E-state index >= 15 is 0 Å². The number of allylic oxidation sites excluding steroid dienone is 29. The van der Waals surface area contributed by atoms with Crippen molar-refractivity contribution in [3.05, 3.63) is 182 Å². The summed E-state index contributed by atoms with van der Waals surface area (Å²) >= 11 is 0. The molecule has 0 saturated heterocycles. The second-order valence-electron chi connectivity index (χ2n) is 24.5. The van der Waals surface area contributed by atoms with Gasteiger partial charge in [0.2, 0.25) is 0 Å². The van der Waals surface area contributed by atoms with Gasteiger partial charge in [0.25, 0.3) is 0 Å². The lowest BCUT2D eigenvalue weighted by molar-refractivity contribution is -0.161. The van der Waals surface area contributed by atoms with E-state index in [-0.39, 0.29) is 25.7 Å². The molecule has 19 heteroatoms. The molecule has 0 fully saturated rings. The summed E-state index contributed by atoms with van der Waals surface area (Å²) in [6, 6.07) is 0. The van der Waals surface area contributed by atoms with Crippen LogP contribution in [0.25, 0.3) is 0 Å². The fraction of sp³-hybridized carbons (Fsp3) is 0.590. The zero-order chi connectivity index (χ0) is 74.6. The van der Waals surface area contributed by atoms with Crippen molar-refractivity contribution >= 4 is 39.5 Å². The zero-order valence-electron chi connectivity index (χ0n) is 62.7. The van der Waals surface area contributed by atoms with Crippen LogP contribution in [0.1, 0.15) is 259 Å². The van der Waals surface area contributed by atoms with Crippen LogP contribution in [0.4, 0.5) is 0 Å². The SMILES string of the molecule is CC/C=C\C/C=C\C/C=C\C/C=C\C/C=C\CCCC(=O)OCC(COP(=O)(O)OCC(O)COP(=O)(O)OCC(COC(=O)C/C=C\C/C=C\C/C=C\C/C=C\C/C=C\CC)OC(=O)CCCCCCC/C=C\C/C=C\CCC)OC(=O)CCCCCCCCC/C=C\C/C=C\C/C=C\CC. The van der Waals surface area contributed by atoms with E-state index in [1.165, 1.54) is 0 Å². The van der Waals surface area contributed by atoms with Crippen LogP contribution < -0.4 is 0 Å². The largest absolute Gasteiger partial charge is 0.472 e. The van der Waals surface area contributed by atoms with Gasteiger partial charge in [0, 0.05) is 19.3 Å². The van der Waals surface area contributed by atoms with Crippen LogP contribution in [0, 0.1) is 0 Å². The summed E-state index contributed by atoms with van der Waals surface area (Å²) in [7, 11) is -10.0. The third-order valence-corrected chi connectivity index (χ3v) is 16.8. The van der Waals surface area contributed by atoms with Crippen molar-refractivity contribution < 1.29 is 80.2 Å². The van der Waals surface area contributed by atoms with Crippen LogP contribution in [-0.2, 0) is 65.4 Å². The molecule has 0 aliphatic heterocycles. The molecule has 0 aliphatic rings. The number of rotatable bonds is 69. The quantitative estimate of drug-likeness (QED) is 0.0169. The third kappa shape index (κ3) is 72.5. The van der Waals surface area contributed by atoms with E-state index < -0.39 is 97.5 Å². The van der Waals surface area contributed by atoms with E-state index in [1.807, 2.05) is 30.4 Å². The van der Waals surface area contributed by atoms with Gasteiger partial charge < -0.3 is 33.8 Å². The van der Waals surface area contributed by atoms with E-state index in [9.17, 15) is 43.2 Å². The second kappa shape index (κ2) is 73.5. The number of hydrogen-bond acceptors (Lipinski definition) is 15. The molecule has 576 valence electrons. The highest BCUT2D eigenvalue weighted by Gasteiger charge is 2.30. The summed E-state index contributed by atoms with van der Waals surface area (Å²) in [5, 5.41) is 10.6. The molecule has 3 N–H and O–H groups in total. The molecule has 5 unspecified atom stereocenters. The lowest BCUT2D eigenvalue weighted by atomic mass is 10.1. The van der Waals surface area contributed by atoms with E-state index in [4.69, 9.17) is 37.0 Å². The Hall–Kier alpha value is -5.84. The standard InChI is InChI=1S/C83H132O17P2/c1-5-9-13-17-21-25-29-33-36-38-41-45-48-52-56-60-64-68-81(86)94-74-79(100-83(88)70-66-62-58-54-50-46-42-39-37-34-30-26-22-18-14-10-6-2)76-98-102(91,92)96-72-77(84)71-95-101(89,90)97-75-78(99-82(87)69-65-61-57-53-49-43-32-28-24-20-16-12-8-4)73-93-80(85)67-63-59-55-51-47-44-40-35-31-27-23-19-15-11-7-3/h9-11,13-16,20-23,25-28,32-37,40-41,45,47,51-52,56,59,63,77-79,84H,5-8,12,17-19,24,29-31,38-39,42-44,46,48-50,53-55,57-58,60-62,64-76H2,1-4H3,(H,89,90)(H,91,92)/b13-9-,14-10-,15-11-,20-16-,25-21-,26-22-,27-23-,32-28-,36-33-,37-34-,40-35-,45-41-,51-47-,56-52-,63-59-. The van der Waals surface area contributed by atoms with Crippen LogP contribution in [0.3, 0.4) is 0 Å². The number of carbonyl (C=O) groups excluding carboxylic acids is 4. The van der Waals surface area contributed by atoms with Crippen molar-refractivity contribution in [3.8, 4) is 0 Å². The predicted octanol–water partition coefficient (Wildman–Crippen LogP) is 22.0. The Bertz CT molecular complexity index is 2650. The molecular weight excluding hydrogens is 1330 g/mol. The van der Waals surface area contributed by atoms with Gasteiger partial charge in [-0.25, -0.2) is 9.13 Å². The number of phosphoric acid groups is 2. The smallest absolute Gasteiger partial charge is 0.462 e. The summed E-state index contributed by atoms with van der Waals surface area (Å²) in [6.07, 6.45) is 87.8. The minimum Gasteiger partial charge on any atom is -0.462 e. The molecule has 0 radical (unpaired) electrons. The van der Waals surface area contributed by atoms with Gasteiger partial charge in [-0.1, -0.05) is 268 Å². The minimum absolute atomic E-state index is 0.0512. The van der Waals surface area contributed by atoms with Crippen molar-refractivity contribution in [2.24, 2.45) is 0 Å². The van der Waals surface area contributed by atoms with Gasteiger partial charge in [-0.2, -0.15) is 0 Å². The topological polar surface area (TPSA) is 237 Å². The Morgan fingerprint density at radius 3 is 0.902 bits per heavy atom. The summed E-state index contributed by atoms with van der Waals surface area (Å²) in [4.78, 5) is 72.8.